The van der Waals surface area contributed by atoms with Gasteiger partial charge in [0.2, 0.25) is 0 Å². The molecule has 0 radical (unpaired) electrons. The van der Waals surface area contributed by atoms with E-state index in [4.69, 9.17) is 4.42 Å². The summed E-state index contributed by atoms with van der Waals surface area (Å²) < 4.78 is 6.99. The van der Waals surface area contributed by atoms with Gasteiger partial charge in [0.25, 0.3) is 5.56 Å². The Morgan fingerprint density at radius 2 is 2.00 bits per heavy atom. The number of furan rings is 1. The van der Waals surface area contributed by atoms with E-state index in [2.05, 4.69) is 0 Å². The van der Waals surface area contributed by atoms with Crippen molar-refractivity contribution >= 4 is 5.78 Å². The highest BCUT2D eigenvalue weighted by molar-refractivity contribution is 5.99. The Bertz CT molecular complexity index is 1100. The number of carbonyl (C=O) groups is 1. The van der Waals surface area contributed by atoms with Crippen molar-refractivity contribution in [3.8, 4) is 11.8 Å². The average molecular weight is 344 g/mol. The van der Waals surface area contributed by atoms with Crippen molar-refractivity contribution in [2.24, 2.45) is 0 Å². The van der Waals surface area contributed by atoms with Crippen LogP contribution in [-0.4, -0.2) is 10.4 Å². The third kappa shape index (κ3) is 2.56. The summed E-state index contributed by atoms with van der Waals surface area (Å²) in [6.07, 6.45) is 2.39. The Labute approximate surface area is 150 Å². The van der Waals surface area contributed by atoms with E-state index in [1.807, 2.05) is 43.3 Å². The molecule has 2 aromatic heterocycles. The first kappa shape index (κ1) is 16.1. The number of fused-ring (bicyclic) bond motifs is 1. The molecule has 0 fully saturated rings. The highest BCUT2D eigenvalue weighted by Gasteiger charge is 2.31. The van der Waals surface area contributed by atoms with Gasteiger partial charge in [0.1, 0.15) is 17.4 Å². The summed E-state index contributed by atoms with van der Waals surface area (Å²) in [5, 5.41) is 9.34. The second-order valence-electron chi connectivity index (χ2n) is 6.55. The summed E-state index contributed by atoms with van der Waals surface area (Å²) in [4.78, 5) is 25.6. The number of hydrogen-bond donors (Lipinski definition) is 0. The van der Waals surface area contributed by atoms with Crippen molar-refractivity contribution < 1.29 is 9.21 Å². The molecule has 1 aliphatic rings. The molecule has 1 atom stereocenters. The Kier molecular flexibility index (Phi) is 3.81. The van der Waals surface area contributed by atoms with Crippen LogP contribution in [0.5, 0.6) is 0 Å². The van der Waals surface area contributed by atoms with Crippen molar-refractivity contribution in [3.63, 3.8) is 0 Å². The molecule has 5 nitrogen and oxygen atoms in total. The summed E-state index contributed by atoms with van der Waals surface area (Å²) in [7, 11) is 0. The maximum atomic E-state index is 12.9. The molecule has 0 saturated heterocycles. The summed E-state index contributed by atoms with van der Waals surface area (Å²) in [5.74, 6) is 0.538. The van der Waals surface area contributed by atoms with Gasteiger partial charge >= 0.3 is 0 Å². The third-order valence-electron chi connectivity index (χ3n) is 4.80. The average Bonchev–Trinajstić information content (AvgIpc) is 3.16. The highest BCUT2D eigenvalue weighted by atomic mass is 16.3. The minimum absolute atomic E-state index is 0.0185. The topological polar surface area (TPSA) is 76.0 Å². The van der Waals surface area contributed by atoms with E-state index in [1.165, 1.54) is 10.6 Å². The van der Waals surface area contributed by atoms with Crippen LogP contribution in [0.2, 0.25) is 0 Å². The summed E-state index contributed by atoms with van der Waals surface area (Å²) in [6, 6.07) is 14.5. The molecule has 0 aliphatic heterocycles. The fourth-order valence-electron chi connectivity index (χ4n) is 3.58. The minimum Gasteiger partial charge on any atom is -0.469 e. The lowest BCUT2D eigenvalue weighted by atomic mass is 9.83. The second kappa shape index (κ2) is 6.16. The molecule has 0 bridgehead atoms. The predicted molar refractivity (Wildman–Crippen MR) is 95.6 cm³/mol. The second-order valence-corrected chi connectivity index (χ2v) is 6.55. The number of hydrogen-bond acceptors (Lipinski definition) is 4. The first-order chi connectivity index (χ1) is 12.6. The molecule has 2 heterocycles. The Morgan fingerprint density at radius 1 is 1.15 bits per heavy atom. The first-order valence-electron chi connectivity index (χ1n) is 8.41. The largest absolute Gasteiger partial charge is 0.469 e. The maximum Gasteiger partial charge on any atom is 0.273 e. The van der Waals surface area contributed by atoms with Gasteiger partial charge in [-0.25, -0.2) is 0 Å². The van der Waals surface area contributed by atoms with Gasteiger partial charge in [-0.15, -0.1) is 0 Å². The number of aromatic nitrogens is 1. The zero-order valence-electron chi connectivity index (χ0n) is 14.2. The summed E-state index contributed by atoms with van der Waals surface area (Å²) in [6.45, 7) is 1.94. The van der Waals surface area contributed by atoms with Gasteiger partial charge in [-0.05, 0) is 49.2 Å². The molecule has 4 rings (SSSR count). The van der Waals surface area contributed by atoms with Crippen LogP contribution < -0.4 is 5.56 Å². The number of aryl methyl sites for hydroxylation is 1. The number of ketones is 1. The van der Waals surface area contributed by atoms with Crippen molar-refractivity contribution in [2.45, 2.75) is 25.7 Å². The number of benzene rings is 1. The van der Waals surface area contributed by atoms with Crippen LogP contribution in [0.15, 0.2) is 57.9 Å². The Balaban J connectivity index is 1.97. The van der Waals surface area contributed by atoms with Crippen molar-refractivity contribution in [1.29, 1.82) is 5.26 Å². The molecular weight excluding hydrogens is 328 g/mol. The van der Waals surface area contributed by atoms with E-state index >= 15 is 0 Å². The lowest BCUT2D eigenvalue weighted by Crippen LogP contribution is -2.31. The minimum atomic E-state index is -0.398. The molecule has 0 saturated carbocycles. The monoisotopic (exact) mass is 344 g/mol. The lowest BCUT2D eigenvalue weighted by molar-refractivity contribution is 0.0958. The van der Waals surface area contributed by atoms with E-state index < -0.39 is 5.56 Å². The first-order valence-corrected chi connectivity index (χ1v) is 8.41. The lowest BCUT2D eigenvalue weighted by Gasteiger charge is -2.25. The van der Waals surface area contributed by atoms with Crippen LogP contribution in [0, 0.1) is 18.3 Å². The highest BCUT2D eigenvalue weighted by Crippen LogP contribution is 2.33. The summed E-state index contributed by atoms with van der Waals surface area (Å²) in [5.41, 5.74) is 2.33. The molecule has 3 aromatic rings. The van der Waals surface area contributed by atoms with Crippen LogP contribution >= 0.6 is 0 Å². The molecule has 5 heteroatoms. The summed E-state index contributed by atoms with van der Waals surface area (Å²) >= 11 is 0. The van der Waals surface area contributed by atoms with E-state index in [0.717, 1.165) is 11.3 Å². The number of Topliss-reactive ketones (excluding diaryl/α,β-unsaturated/α-hetero) is 1. The molecule has 0 spiro atoms. The normalized spacial score (nSPS) is 16.2. The Morgan fingerprint density at radius 3 is 2.69 bits per heavy atom. The fourth-order valence-corrected chi connectivity index (χ4v) is 3.58. The van der Waals surface area contributed by atoms with Crippen molar-refractivity contribution in [1.82, 2.24) is 4.57 Å². The molecule has 128 valence electrons. The van der Waals surface area contributed by atoms with Crippen molar-refractivity contribution in [2.75, 3.05) is 0 Å². The number of carbonyl (C=O) groups excluding carboxylic acids is 1. The number of rotatable bonds is 2. The molecule has 0 unspecified atom stereocenters. The predicted octanol–water partition coefficient (Wildman–Crippen LogP) is 3.52. The van der Waals surface area contributed by atoms with Gasteiger partial charge in [-0.2, -0.15) is 5.26 Å². The maximum absolute atomic E-state index is 12.9. The fraction of sp³-hybridized carbons (Fsp3) is 0.190. The van der Waals surface area contributed by atoms with Crippen LogP contribution in [0.4, 0.5) is 0 Å². The molecule has 0 amide bonds. The van der Waals surface area contributed by atoms with Gasteiger partial charge in [0, 0.05) is 29.3 Å². The van der Waals surface area contributed by atoms with Gasteiger partial charge in [0.05, 0.1) is 6.26 Å². The van der Waals surface area contributed by atoms with Crippen LogP contribution in [0.25, 0.3) is 5.69 Å². The Hall–Kier alpha value is -3.39. The van der Waals surface area contributed by atoms with Crippen molar-refractivity contribution in [3.05, 3.63) is 87.2 Å². The van der Waals surface area contributed by atoms with E-state index in [9.17, 15) is 14.9 Å². The van der Waals surface area contributed by atoms with Crippen LogP contribution in [-0.2, 0) is 6.42 Å². The SMILES string of the molecule is Cc1cccc(-n2c3c(cc(C#N)c2=O)C(=O)C[C@H](c2ccco2)C3)c1. The zero-order valence-corrected chi connectivity index (χ0v) is 14.2. The smallest absolute Gasteiger partial charge is 0.273 e. The van der Waals surface area contributed by atoms with Gasteiger partial charge in [-0.1, -0.05) is 12.1 Å². The molecule has 26 heavy (non-hydrogen) atoms. The molecule has 0 N–H and O–H groups in total. The number of nitriles is 1. The van der Waals surface area contributed by atoms with Crippen LogP contribution in [0.1, 0.15) is 45.3 Å². The van der Waals surface area contributed by atoms with E-state index in [-0.39, 0.29) is 17.3 Å². The van der Waals surface area contributed by atoms with Gasteiger partial charge < -0.3 is 4.42 Å². The molecular formula is C21H16N2O3. The zero-order chi connectivity index (χ0) is 18.3. The van der Waals surface area contributed by atoms with Gasteiger partial charge in [-0.3, -0.25) is 14.2 Å². The molecule has 1 aliphatic carbocycles. The number of pyridine rings is 1. The third-order valence-corrected chi connectivity index (χ3v) is 4.80. The van der Waals surface area contributed by atoms with Gasteiger partial charge in [0.15, 0.2) is 5.78 Å². The quantitative estimate of drug-likeness (QED) is 0.713. The standard InChI is InChI=1S/C21H16N2O3/c1-13-4-2-5-16(8-13)23-18-10-14(20-6-3-7-26-20)11-19(24)17(18)9-15(12-22)21(23)25/h2-9,14H,10-11H2,1H3/t14-/m1/s1. The van der Waals surface area contributed by atoms with Crippen LogP contribution in [0.3, 0.4) is 0 Å². The molecule has 1 aromatic carbocycles. The van der Waals surface area contributed by atoms with E-state index in [0.29, 0.717) is 29.8 Å². The van der Waals surface area contributed by atoms with E-state index in [1.54, 1.807) is 12.3 Å². The number of nitrogens with zero attached hydrogens (tertiary/aromatic N) is 2.